The van der Waals surface area contributed by atoms with E-state index in [-0.39, 0.29) is 11.9 Å². The molecule has 1 aromatic rings. The van der Waals surface area contributed by atoms with Crippen LogP contribution in [0.1, 0.15) is 23.1 Å². The summed E-state index contributed by atoms with van der Waals surface area (Å²) >= 11 is 1.43. The molecule has 1 aromatic carbocycles. The lowest BCUT2D eigenvalue weighted by Crippen LogP contribution is -2.16. The second-order valence-corrected chi connectivity index (χ2v) is 5.81. The van der Waals surface area contributed by atoms with Gasteiger partial charge < -0.3 is 10.1 Å². The first-order valence-corrected chi connectivity index (χ1v) is 7.61. The van der Waals surface area contributed by atoms with Crippen LogP contribution in [0.15, 0.2) is 12.1 Å². The molecule has 0 aromatic heterocycles. The summed E-state index contributed by atoms with van der Waals surface area (Å²) in [5.74, 6) is 0.633. The molecular formula is C15H21NO3S. The summed E-state index contributed by atoms with van der Waals surface area (Å²) in [7, 11) is 1.36. The van der Waals surface area contributed by atoms with Crippen molar-refractivity contribution < 1.29 is 14.3 Å². The van der Waals surface area contributed by atoms with Gasteiger partial charge in [0.15, 0.2) is 0 Å². The van der Waals surface area contributed by atoms with Gasteiger partial charge in [0.25, 0.3) is 0 Å². The maximum atomic E-state index is 11.9. The number of benzene rings is 1. The van der Waals surface area contributed by atoms with Crippen LogP contribution in [0.4, 0.5) is 5.69 Å². The van der Waals surface area contributed by atoms with Crippen LogP contribution in [0, 0.1) is 20.8 Å². The number of ether oxygens (including phenoxy) is 1. The minimum absolute atomic E-state index is 0.0464. The van der Waals surface area contributed by atoms with Crippen LogP contribution in [-0.4, -0.2) is 30.5 Å². The van der Waals surface area contributed by atoms with Gasteiger partial charge in [0, 0.05) is 11.4 Å². The molecule has 0 spiro atoms. The highest BCUT2D eigenvalue weighted by molar-refractivity contribution is 7.99. The third kappa shape index (κ3) is 5.25. The number of anilines is 1. The van der Waals surface area contributed by atoms with Crippen molar-refractivity contribution in [2.45, 2.75) is 27.2 Å². The Morgan fingerprint density at radius 1 is 1.20 bits per heavy atom. The number of aryl methyl sites for hydroxylation is 3. The lowest BCUT2D eigenvalue weighted by molar-refractivity contribution is -0.140. The zero-order valence-corrected chi connectivity index (χ0v) is 13.2. The van der Waals surface area contributed by atoms with Crippen LogP contribution in [0.25, 0.3) is 0 Å². The summed E-state index contributed by atoms with van der Waals surface area (Å²) in [5.41, 5.74) is 4.20. The maximum Gasteiger partial charge on any atom is 0.306 e. The number of amides is 1. The minimum atomic E-state index is -0.247. The molecule has 1 N–H and O–H groups in total. The van der Waals surface area contributed by atoms with Gasteiger partial charge in [0.1, 0.15) is 0 Å². The average Bonchev–Trinajstić information content (AvgIpc) is 2.38. The van der Waals surface area contributed by atoms with Crippen molar-refractivity contribution in [1.82, 2.24) is 0 Å². The second-order valence-electron chi connectivity index (χ2n) is 4.70. The van der Waals surface area contributed by atoms with Gasteiger partial charge in [-0.05, 0) is 31.9 Å². The van der Waals surface area contributed by atoms with Gasteiger partial charge in [0.2, 0.25) is 5.91 Å². The Morgan fingerprint density at radius 3 is 2.35 bits per heavy atom. The maximum absolute atomic E-state index is 11.9. The van der Waals surface area contributed by atoms with Crippen LogP contribution in [-0.2, 0) is 14.3 Å². The van der Waals surface area contributed by atoms with Crippen molar-refractivity contribution in [2.24, 2.45) is 0 Å². The molecule has 4 nitrogen and oxygen atoms in total. The van der Waals surface area contributed by atoms with Crippen LogP contribution in [0.3, 0.4) is 0 Å². The standard InChI is InChI=1S/C15H21NO3S/c1-10-7-11(2)15(12(3)8-10)16-13(17)9-20-6-5-14(18)19-4/h7-8H,5-6,9H2,1-4H3,(H,16,17). The second kappa shape index (κ2) is 7.94. The first kappa shape index (κ1) is 16.6. The molecule has 110 valence electrons. The summed E-state index contributed by atoms with van der Waals surface area (Å²) in [5, 5.41) is 2.93. The first-order chi connectivity index (χ1) is 9.43. The van der Waals surface area contributed by atoms with Crippen LogP contribution in [0.2, 0.25) is 0 Å². The molecule has 1 rings (SSSR count). The molecule has 0 bridgehead atoms. The fourth-order valence-electron chi connectivity index (χ4n) is 1.98. The van der Waals surface area contributed by atoms with Crippen molar-refractivity contribution in [3.63, 3.8) is 0 Å². The van der Waals surface area contributed by atoms with E-state index in [0.717, 1.165) is 16.8 Å². The number of carbonyl (C=O) groups is 2. The van der Waals surface area contributed by atoms with E-state index in [2.05, 4.69) is 10.1 Å². The predicted octanol–water partition coefficient (Wildman–Crippen LogP) is 2.85. The van der Waals surface area contributed by atoms with Gasteiger partial charge in [-0.2, -0.15) is 11.8 Å². The van der Waals surface area contributed by atoms with E-state index in [1.54, 1.807) is 0 Å². The van der Waals surface area contributed by atoms with E-state index in [9.17, 15) is 9.59 Å². The summed E-state index contributed by atoms with van der Waals surface area (Å²) < 4.78 is 4.54. The van der Waals surface area contributed by atoms with Gasteiger partial charge in [0.05, 0.1) is 19.3 Å². The van der Waals surface area contributed by atoms with Crippen molar-refractivity contribution in [3.05, 3.63) is 28.8 Å². The number of nitrogens with one attached hydrogen (secondary N) is 1. The molecule has 0 aliphatic heterocycles. The molecule has 0 unspecified atom stereocenters. The van der Waals surface area contributed by atoms with Crippen molar-refractivity contribution >= 4 is 29.3 Å². The van der Waals surface area contributed by atoms with E-state index in [1.807, 2.05) is 32.9 Å². The molecule has 0 aliphatic rings. The lowest BCUT2D eigenvalue weighted by atomic mass is 10.1. The van der Waals surface area contributed by atoms with Crippen molar-refractivity contribution in [1.29, 1.82) is 0 Å². The monoisotopic (exact) mass is 295 g/mol. The van der Waals surface area contributed by atoms with Crippen molar-refractivity contribution in [2.75, 3.05) is 23.9 Å². The van der Waals surface area contributed by atoms with Gasteiger partial charge in [-0.3, -0.25) is 9.59 Å². The van der Waals surface area contributed by atoms with Gasteiger partial charge in [-0.15, -0.1) is 0 Å². The van der Waals surface area contributed by atoms with E-state index in [1.165, 1.54) is 24.4 Å². The zero-order valence-electron chi connectivity index (χ0n) is 12.4. The topological polar surface area (TPSA) is 55.4 Å². The third-order valence-electron chi connectivity index (χ3n) is 2.85. The zero-order chi connectivity index (χ0) is 15.1. The Morgan fingerprint density at radius 2 is 1.80 bits per heavy atom. The molecule has 0 atom stereocenters. The average molecular weight is 295 g/mol. The smallest absolute Gasteiger partial charge is 0.306 e. The summed E-state index contributed by atoms with van der Waals surface area (Å²) in [4.78, 5) is 22.8. The van der Waals surface area contributed by atoms with Gasteiger partial charge in [-0.25, -0.2) is 0 Å². The van der Waals surface area contributed by atoms with Gasteiger partial charge >= 0.3 is 5.97 Å². The predicted molar refractivity (Wildman–Crippen MR) is 83.2 cm³/mol. The van der Waals surface area contributed by atoms with E-state index in [0.29, 0.717) is 17.9 Å². The highest BCUT2D eigenvalue weighted by Crippen LogP contribution is 2.22. The largest absolute Gasteiger partial charge is 0.469 e. The van der Waals surface area contributed by atoms with Crippen LogP contribution < -0.4 is 5.32 Å². The number of esters is 1. The Balaban J connectivity index is 2.45. The normalized spacial score (nSPS) is 10.2. The molecule has 0 saturated carbocycles. The SMILES string of the molecule is COC(=O)CCSCC(=O)Nc1c(C)cc(C)cc1C. The number of carbonyl (C=O) groups excluding carboxylic acids is 2. The molecule has 1 amide bonds. The molecule has 0 aliphatic carbocycles. The van der Waals surface area contributed by atoms with Crippen LogP contribution in [0.5, 0.6) is 0 Å². The van der Waals surface area contributed by atoms with Gasteiger partial charge in [-0.1, -0.05) is 17.7 Å². The van der Waals surface area contributed by atoms with E-state index in [4.69, 9.17) is 0 Å². The number of methoxy groups -OCH3 is 1. The first-order valence-electron chi connectivity index (χ1n) is 6.46. The quantitative estimate of drug-likeness (QED) is 0.647. The highest BCUT2D eigenvalue weighted by atomic mass is 32.2. The third-order valence-corrected chi connectivity index (χ3v) is 3.81. The van der Waals surface area contributed by atoms with E-state index < -0.39 is 0 Å². The number of thioether (sulfide) groups is 1. The Hall–Kier alpha value is -1.49. The number of hydrogen-bond donors (Lipinski definition) is 1. The lowest BCUT2D eigenvalue weighted by Gasteiger charge is -2.12. The summed E-state index contributed by atoms with van der Waals surface area (Å²) in [6.07, 6.45) is 0.330. The number of hydrogen-bond acceptors (Lipinski definition) is 4. The fourth-order valence-corrected chi connectivity index (χ4v) is 2.69. The summed E-state index contributed by atoms with van der Waals surface area (Å²) in [6, 6.07) is 4.10. The molecular weight excluding hydrogens is 274 g/mol. The molecule has 0 fully saturated rings. The molecule has 20 heavy (non-hydrogen) atoms. The molecule has 0 radical (unpaired) electrons. The highest BCUT2D eigenvalue weighted by Gasteiger charge is 2.09. The molecule has 0 saturated heterocycles. The minimum Gasteiger partial charge on any atom is -0.469 e. The number of rotatable bonds is 6. The Kier molecular flexibility index (Phi) is 6.58. The van der Waals surface area contributed by atoms with Crippen LogP contribution >= 0.6 is 11.8 Å². The Labute approximate surface area is 124 Å². The molecule has 5 heteroatoms. The summed E-state index contributed by atoms with van der Waals surface area (Å²) in [6.45, 7) is 6.01. The Bertz CT molecular complexity index is 477. The van der Waals surface area contributed by atoms with Crippen molar-refractivity contribution in [3.8, 4) is 0 Å². The fraction of sp³-hybridized carbons (Fsp3) is 0.467. The van der Waals surface area contributed by atoms with E-state index >= 15 is 0 Å². The molecule has 0 heterocycles.